The first-order valence-electron chi connectivity index (χ1n) is 6.80. The number of anilines is 1. The monoisotopic (exact) mass is 294 g/mol. The van der Waals surface area contributed by atoms with Crippen LogP contribution < -0.4 is 10.9 Å². The standard InChI is InChI=1S/C17H14N2O3/c20-10-11-4-3-6-13(8-11)18-17(22)15-9-12-5-1-2-7-14(12)16(21)19-15/h1-9,20H,10H2,(H,18,22)(H,19,21). The van der Waals surface area contributed by atoms with Gasteiger partial charge in [0.1, 0.15) is 5.69 Å². The van der Waals surface area contributed by atoms with Crippen LogP contribution in [0.5, 0.6) is 0 Å². The Bertz CT molecular complexity index is 900. The maximum absolute atomic E-state index is 12.3. The number of rotatable bonds is 3. The molecule has 5 heteroatoms. The van der Waals surface area contributed by atoms with Crippen molar-refractivity contribution in [2.75, 3.05) is 5.32 Å². The minimum Gasteiger partial charge on any atom is -0.392 e. The lowest BCUT2D eigenvalue weighted by Gasteiger charge is -2.07. The zero-order valence-corrected chi connectivity index (χ0v) is 11.7. The molecule has 0 unspecified atom stereocenters. The van der Waals surface area contributed by atoms with Crippen LogP contribution in [0.4, 0.5) is 5.69 Å². The number of amides is 1. The molecule has 3 aromatic rings. The van der Waals surface area contributed by atoms with Gasteiger partial charge in [-0.05, 0) is 35.2 Å². The lowest BCUT2D eigenvalue weighted by Crippen LogP contribution is -2.19. The van der Waals surface area contributed by atoms with Gasteiger partial charge in [0.05, 0.1) is 6.61 Å². The Labute approximate surface area is 126 Å². The highest BCUT2D eigenvalue weighted by Gasteiger charge is 2.10. The van der Waals surface area contributed by atoms with Gasteiger partial charge >= 0.3 is 0 Å². The van der Waals surface area contributed by atoms with Gasteiger partial charge in [0.2, 0.25) is 0 Å². The van der Waals surface area contributed by atoms with E-state index in [0.29, 0.717) is 22.0 Å². The maximum Gasteiger partial charge on any atom is 0.272 e. The lowest BCUT2D eigenvalue weighted by molar-refractivity contribution is 0.102. The summed E-state index contributed by atoms with van der Waals surface area (Å²) in [5.41, 5.74) is 1.15. The fourth-order valence-corrected chi connectivity index (χ4v) is 2.28. The van der Waals surface area contributed by atoms with Crippen molar-refractivity contribution in [1.29, 1.82) is 0 Å². The Morgan fingerprint density at radius 1 is 1.09 bits per heavy atom. The summed E-state index contributed by atoms with van der Waals surface area (Å²) in [7, 11) is 0. The molecule has 2 aromatic carbocycles. The second-order valence-corrected chi connectivity index (χ2v) is 4.91. The first kappa shape index (κ1) is 14.0. The first-order chi connectivity index (χ1) is 10.7. The van der Waals surface area contributed by atoms with E-state index in [1.54, 1.807) is 48.5 Å². The maximum atomic E-state index is 12.3. The Morgan fingerprint density at radius 2 is 1.91 bits per heavy atom. The van der Waals surface area contributed by atoms with Crippen LogP contribution in [0.1, 0.15) is 16.1 Å². The van der Waals surface area contributed by atoms with Crippen molar-refractivity contribution in [3.63, 3.8) is 0 Å². The van der Waals surface area contributed by atoms with Gasteiger partial charge in [-0.15, -0.1) is 0 Å². The molecular weight excluding hydrogens is 280 g/mol. The van der Waals surface area contributed by atoms with Gasteiger partial charge in [0.25, 0.3) is 11.5 Å². The molecule has 0 atom stereocenters. The largest absolute Gasteiger partial charge is 0.392 e. The zero-order valence-electron chi connectivity index (χ0n) is 11.7. The van der Waals surface area contributed by atoms with E-state index in [1.807, 2.05) is 6.07 Å². The van der Waals surface area contributed by atoms with Crippen LogP contribution in [0.15, 0.2) is 59.4 Å². The van der Waals surface area contributed by atoms with E-state index in [-0.39, 0.29) is 17.9 Å². The summed E-state index contributed by atoms with van der Waals surface area (Å²) < 4.78 is 0. The Balaban J connectivity index is 1.93. The summed E-state index contributed by atoms with van der Waals surface area (Å²) in [6, 6.07) is 15.6. The van der Waals surface area contributed by atoms with Gasteiger partial charge in [-0.25, -0.2) is 0 Å². The molecule has 0 aliphatic carbocycles. The Morgan fingerprint density at radius 3 is 2.73 bits per heavy atom. The number of aliphatic hydroxyl groups is 1. The van der Waals surface area contributed by atoms with Crippen LogP contribution in [0.2, 0.25) is 0 Å². The number of pyridine rings is 1. The van der Waals surface area contributed by atoms with Crippen LogP contribution in [-0.2, 0) is 6.61 Å². The molecule has 1 aromatic heterocycles. The smallest absolute Gasteiger partial charge is 0.272 e. The summed E-state index contributed by atoms with van der Waals surface area (Å²) in [5.74, 6) is -0.405. The van der Waals surface area contributed by atoms with Crippen molar-refractivity contribution < 1.29 is 9.90 Å². The number of benzene rings is 2. The predicted molar refractivity (Wildman–Crippen MR) is 84.9 cm³/mol. The van der Waals surface area contributed by atoms with E-state index >= 15 is 0 Å². The molecule has 1 heterocycles. The summed E-state index contributed by atoms with van der Waals surface area (Å²) >= 11 is 0. The van der Waals surface area contributed by atoms with Crippen molar-refractivity contribution in [1.82, 2.24) is 4.98 Å². The average molecular weight is 294 g/mol. The number of nitrogens with one attached hydrogen (secondary N) is 2. The third-order valence-corrected chi connectivity index (χ3v) is 3.37. The molecule has 110 valence electrons. The number of aliphatic hydroxyl groups excluding tert-OH is 1. The predicted octanol–water partition coefficient (Wildman–Crippen LogP) is 2.27. The molecule has 0 aliphatic rings. The normalized spacial score (nSPS) is 10.6. The molecule has 3 rings (SSSR count). The van der Waals surface area contributed by atoms with Crippen molar-refractivity contribution >= 4 is 22.4 Å². The van der Waals surface area contributed by atoms with E-state index in [1.165, 1.54) is 0 Å². The van der Waals surface area contributed by atoms with Gasteiger partial charge in [0, 0.05) is 11.1 Å². The molecule has 1 amide bonds. The highest BCUT2D eigenvalue weighted by Crippen LogP contribution is 2.14. The molecule has 0 radical (unpaired) electrons. The van der Waals surface area contributed by atoms with E-state index in [9.17, 15) is 9.59 Å². The number of fused-ring (bicyclic) bond motifs is 1. The molecule has 0 saturated carbocycles. The van der Waals surface area contributed by atoms with Crippen LogP contribution in [-0.4, -0.2) is 16.0 Å². The van der Waals surface area contributed by atoms with Gasteiger partial charge < -0.3 is 15.4 Å². The lowest BCUT2D eigenvalue weighted by atomic mass is 10.1. The summed E-state index contributed by atoms with van der Waals surface area (Å²) in [5, 5.41) is 13.1. The second-order valence-electron chi connectivity index (χ2n) is 4.91. The van der Waals surface area contributed by atoms with Crippen LogP contribution in [0, 0.1) is 0 Å². The minimum absolute atomic E-state index is 0.101. The van der Waals surface area contributed by atoms with Gasteiger partial charge in [-0.1, -0.05) is 30.3 Å². The number of carbonyl (C=O) groups is 1. The number of hydrogen-bond donors (Lipinski definition) is 3. The van der Waals surface area contributed by atoms with Crippen molar-refractivity contribution in [3.05, 3.63) is 76.2 Å². The van der Waals surface area contributed by atoms with E-state index in [4.69, 9.17) is 5.11 Å². The van der Waals surface area contributed by atoms with Crippen LogP contribution in [0.3, 0.4) is 0 Å². The number of hydrogen-bond acceptors (Lipinski definition) is 3. The van der Waals surface area contributed by atoms with Gasteiger partial charge in [-0.3, -0.25) is 9.59 Å². The van der Waals surface area contributed by atoms with Crippen LogP contribution in [0.25, 0.3) is 10.8 Å². The quantitative estimate of drug-likeness (QED) is 0.693. The Hall–Kier alpha value is -2.92. The molecule has 0 bridgehead atoms. The molecule has 0 saturated heterocycles. The average Bonchev–Trinajstić information content (AvgIpc) is 2.55. The topological polar surface area (TPSA) is 82.2 Å². The van der Waals surface area contributed by atoms with E-state index in [2.05, 4.69) is 10.3 Å². The second kappa shape index (κ2) is 5.83. The van der Waals surface area contributed by atoms with E-state index in [0.717, 1.165) is 0 Å². The van der Waals surface area contributed by atoms with Crippen molar-refractivity contribution in [2.45, 2.75) is 6.61 Å². The van der Waals surface area contributed by atoms with E-state index < -0.39 is 5.91 Å². The Kier molecular flexibility index (Phi) is 3.72. The minimum atomic E-state index is -0.405. The molecule has 0 spiro atoms. The van der Waals surface area contributed by atoms with Crippen molar-refractivity contribution in [2.24, 2.45) is 0 Å². The highest BCUT2D eigenvalue weighted by atomic mass is 16.3. The SMILES string of the molecule is O=C(Nc1cccc(CO)c1)c1cc2ccccc2c(=O)[nH]1. The molecule has 0 fully saturated rings. The summed E-state index contributed by atoms with van der Waals surface area (Å²) in [6.45, 7) is -0.101. The third kappa shape index (κ3) is 2.75. The molecule has 5 nitrogen and oxygen atoms in total. The zero-order chi connectivity index (χ0) is 15.5. The number of aromatic amines is 1. The number of H-pyrrole nitrogens is 1. The highest BCUT2D eigenvalue weighted by molar-refractivity contribution is 6.04. The number of aromatic nitrogens is 1. The molecular formula is C17H14N2O3. The molecule has 0 aliphatic heterocycles. The van der Waals surface area contributed by atoms with Crippen molar-refractivity contribution in [3.8, 4) is 0 Å². The summed E-state index contributed by atoms with van der Waals surface area (Å²) in [4.78, 5) is 26.8. The number of carbonyl (C=O) groups excluding carboxylic acids is 1. The fourth-order valence-electron chi connectivity index (χ4n) is 2.28. The molecule has 3 N–H and O–H groups in total. The fraction of sp³-hybridized carbons (Fsp3) is 0.0588. The van der Waals surface area contributed by atoms with Gasteiger partial charge in [0.15, 0.2) is 0 Å². The first-order valence-corrected chi connectivity index (χ1v) is 6.80. The van der Waals surface area contributed by atoms with Crippen LogP contribution >= 0.6 is 0 Å². The summed E-state index contributed by atoms with van der Waals surface area (Å²) in [6.07, 6.45) is 0. The molecule has 22 heavy (non-hydrogen) atoms. The van der Waals surface area contributed by atoms with Gasteiger partial charge in [-0.2, -0.15) is 0 Å². The third-order valence-electron chi connectivity index (χ3n) is 3.37.